The van der Waals surface area contributed by atoms with E-state index in [0.717, 1.165) is 66.9 Å². The van der Waals surface area contributed by atoms with Gasteiger partial charge in [0.15, 0.2) is 0 Å². The van der Waals surface area contributed by atoms with Gasteiger partial charge in [0, 0.05) is 21.3 Å². The van der Waals surface area contributed by atoms with Crippen molar-refractivity contribution in [2.45, 2.75) is 0 Å². The molecule has 0 saturated carbocycles. The molecular weight excluding hydrogens is 984 g/mol. The van der Waals surface area contributed by atoms with E-state index in [0.29, 0.717) is 119 Å². The Kier molecular flexibility index (Phi) is 19.3. The number of fused-ring (bicyclic) bond motifs is 8. The van der Waals surface area contributed by atoms with Crippen molar-refractivity contribution in [2.24, 2.45) is 0 Å². The smallest absolute Gasteiger partial charge is 0.657 e. The van der Waals surface area contributed by atoms with Gasteiger partial charge in [-0.2, -0.15) is 0 Å². The summed E-state index contributed by atoms with van der Waals surface area (Å²) >= 11 is 0. The number of phenols is 1. The molecule has 15 heteroatoms. The van der Waals surface area contributed by atoms with Crippen molar-refractivity contribution in [1.29, 1.82) is 0 Å². The molecule has 1 N–H and O–H groups in total. The number of hydrogen-bond donors (Lipinski definition) is 1. The van der Waals surface area contributed by atoms with Crippen LogP contribution in [0.4, 0.5) is 0 Å². The molecule has 0 spiro atoms. The molecule has 0 unspecified atom stereocenters. The van der Waals surface area contributed by atoms with Crippen LogP contribution < -0.4 is 24.2 Å². The summed E-state index contributed by atoms with van der Waals surface area (Å²) < 4.78 is 50.3. The van der Waals surface area contributed by atoms with Crippen LogP contribution in [-0.2, 0) is 45.2 Å². The van der Waals surface area contributed by atoms with Crippen LogP contribution in [0.1, 0.15) is 22.8 Å². The number of phenolic OH excluding ortho intramolecular Hbond substituents is 1. The third-order valence-corrected chi connectivity index (χ3v) is 12.0. The van der Waals surface area contributed by atoms with Crippen LogP contribution in [-0.4, -0.2) is 116 Å². The molecule has 7 aromatic rings. The van der Waals surface area contributed by atoms with Crippen LogP contribution in [0.25, 0.3) is 90.9 Å². The number of aromatic nitrogens is 4. The number of nitrogens with zero attached hydrogens (tertiary/aromatic N) is 4. The number of rotatable bonds is 25. The number of aromatic hydroxyl groups is 1. The van der Waals surface area contributed by atoms with Gasteiger partial charge in [-0.05, 0) is 117 Å². The van der Waals surface area contributed by atoms with Crippen molar-refractivity contribution in [3.05, 3.63) is 144 Å². The predicted octanol–water partition coefficient (Wildman–Crippen LogP) is 10.4. The summed E-state index contributed by atoms with van der Waals surface area (Å²) in [5, 5.41) is 10.4. The van der Waals surface area contributed by atoms with Gasteiger partial charge in [-0.1, -0.05) is 72.8 Å². The minimum Gasteiger partial charge on any atom is -0.657 e. The largest absolute Gasteiger partial charge is 2.00 e. The normalized spacial score (nSPS) is 11.7. The number of benzene rings is 4. The fraction of sp³-hybridized carbons (Fsp3) is 0.254. The van der Waals surface area contributed by atoms with Gasteiger partial charge in [0.2, 0.25) is 0 Å². The fourth-order valence-electron chi connectivity index (χ4n) is 8.44. The van der Waals surface area contributed by atoms with Crippen molar-refractivity contribution >= 4 is 46.4 Å². The van der Waals surface area contributed by atoms with Crippen molar-refractivity contribution < 1.29 is 64.5 Å². The molecule has 14 nitrogen and oxygen atoms in total. The van der Waals surface area contributed by atoms with Gasteiger partial charge in [-0.15, -0.1) is 22.1 Å². The Morgan fingerprint density at radius 1 is 0.338 bits per heavy atom. The third-order valence-electron chi connectivity index (χ3n) is 12.0. The molecule has 3 aromatic heterocycles. The second-order valence-electron chi connectivity index (χ2n) is 16.8. The maximum absolute atomic E-state index is 10.4. The minimum atomic E-state index is 0. The molecule has 0 amide bonds. The van der Waals surface area contributed by atoms with Crippen LogP contribution >= 0.6 is 0 Å². The fourth-order valence-corrected chi connectivity index (χ4v) is 8.44. The van der Waals surface area contributed by atoms with Crippen LogP contribution in [0.2, 0.25) is 0 Å². The summed E-state index contributed by atoms with van der Waals surface area (Å²) in [6, 6.07) is 39.1. The summed E-state index contributed by atoms with van der Waals surface area (Å²) in [6.07, 6.45) is 8.10. The SMILES string of the molecule is COCCOCCOc1ccc(-c2c3nc(c(-c4ccc(OCCOCCOC)cc4)c4ccc([n-]4)c(-c4ccc(OCCOCCOC)cc4)c4nc(c(-c5ccc(O)cc5)c5ccc2[n-]5)C=C4)C=C3)cc1.[Co+2]. The molecule has 4 aromatic carbocycles. The minimum absolute atomic E-state index is 0. The Balaban J connectivity index is 0.00000729. The van der Waals surface area contributed by atoms with Crippen molar-refractivity contribution in [3.63, 3.8) is 0 Å². The molecule has 0 fully saturated rings. The van der Waals surface area contributed by atoms with Crippen molar-refractivity contribution in [2.75, 3.05) is 101 Å². The Morgan fingerprint density at radius 2 is 0.595 bits per heavy atom. The van der Waals surface area contributed by atoms with Crippen LogP contribution in [0.5, 0.6) is 23.0 Å². The molecule has 1 radical (unpaired) electrons. The van der Waals surface area contributed by atoms with Gasteiger partial charge >= 0.3 is 16.8 Å². The zero-order valence-corrected chi connectivity index (χ0v) is 42.6. The maximum Gasteiger partial charge on any atom is 2.00 e. The zero-order valence-electron chi connectivity index (χ0n) is 41.6. The van der Waals surface area contributed by atoms with Gasteiger partial charge in [0.25, 0.3) is 0 Å². The van der Waals surface area contributed by atoms with Gasteiger partial charge in [-0.3, -0.25) is 0 Å². The molecule has 0 aliphatic carbocycles. The molecule has 74 heavy (non-hydrogen) atoms. The average molecular weight is 1040 g/mol. The van der Waals surface area contributed by atoms with Gasteiger partial charge in [-0.25, -0.2) is 9.97 Å². The Hall–Kier alpha value is -7.05. The molecule has 383 valence electrons. The van der Waals surface area contributed by atoms with E-state index in [1.807, 2.05) is 133 Å². The van der Waals surface area contributed by atoms with E-state index in [1.165, 1.54) is 0 Å². The number of ether oxygens (including phenoxy) is 9. The molecule has 0 atom stereocenters. The topological polar surface area (TPSA) is 157 Å². The second kappa shape index (κ2) is 26.8. The summed E-state index contributed by atoms with van der Waals surface area (Å²) in [4.78, 5) is 21.6. The number of methoxy groups -OCH3 is 3. The summed E-state index contributed by atoms with van der Waals surface area (Å²) in [5.41, 5.74) is 12.6. The van der Waals surface area contributed by atoms with Crippen molar-refractivity contribution in [3.8, 4) is 67.5 Å². The number of hydrogen-bond acceptors (Lipinski definition) is 12. The first-order valence-corrected chi connectivity index (χ1v) is 24.2. The van der Waals surface area contributed by atoms with Crippen LogP contribution in [0.15, 0.2) is 121 Å². The first-order valence-electron chi connectivity index (χ1n) is 24.2. The Morgan fingerprint density at radius 3 is 0.865 bits per heavy atom. The Labute approximate surface area is 441 Å². The standard InChI is InChI=1S/C59H58N4O10.Co/c1-65-28-31-68-34-37-71-45-14-6-41(7-15-45)57-50-22-20-48(60-50)56(40-4-12-44(64)13-5-40)49-21-23-51(61-49)58(42-8-16-46(17-9-42)72-38-35-69-32-29-66-2)53-25-27-55(63-53)59(54-26-24-52(57)62-54)43-10-18-47(19-11-43)73-39-36-70-33-30-67-3;/h4-27H,28-39H2,1-3H3,(H-2,60,61,62,63,64);/q-2;+2. The summed E-state index contributed by atoms with van der Waals surface area (Å²) in [5.74, 6) is 2.29. The second-order valence-corrected chi connectivity index (χ2v) is 16.8. The zero-order chi connectivity index (χ0) is 50.2. The predicted molar refractivity (Wildman–Crippen MR) is 285 cm³/mol. The quantitative estimate of drug-likeness (QED) is 0.0539. The van der Waals surface area contributed by atoms with Gasteiger partial charge in [0.05, 0.1) is 82.2 Å². The molecule has 5 heterocycles. The van der Waals surface area contributed by atoms with Crippen LogP contribution in [0.3, 0.4) is 0 Å². The van der Waals surface area contributed by atoms with E-state index in [9.17, 15) is 5.11 Å². The van der Waals surface area contributed by atoms with Gasteiger partial charge < -0.3 is 57.7 Å². The van der Waals surface area contributed by atoms with E-state index >= 15 is 0 Å². The van der Waals surface area contributed by atoms with E-state index in [1.54, 1.807) is 33.5 Å². The monoisotopic (exact) mass is 1040 g/mol. The third kappa shape index (κ3) is 13.4. The first kappa shape index (κ1) is 53.2. The van der Waals surface area contributed by atoms with Gasteiger partial charge in [0.1, 0.15) is 42.8 Å². The van der Waals surface area contributed by atoms with E-state index < -0.39 is 0 Å². The van der Waals surface area contributed by atoms with E-state index in [-0.39, 0.29) is 22.5 Å². The first-order chi connectivity index (χ1) is 36.0. The average Bonchev–Trinajstić information content (AvgIpc) is 4.28. The Bertz CT molecular complexity index is 3100. The molecule has 8 bridgehead atoms. The van der Waals surface area contributed by atoms with E-state index in [4.69, 9.17) is 62.6 Å². The molecule has 0 saturated heterocycles. The maximum atomic E-state index is 10.4. The van der Waals surface area contributed by atoms with Crippen LogP contribution in [0, 0.1) is 0 Å². The summed E-state index contributed by atoms with van der Waals surface area (Å²) in [6.45, 7) is 5.59. The van der Waals surface area contributed by atoms with E-state index in [2.05, 4.69) is 0 Å². The van der Waals surface area contributed by atoms with Crippen molar-refractivity contribution in [1.82, 2.24) is 19.9 Å². The molecule has 2 aliphatic rings. The summed E-state index contributed by atoms with van der Waals surface area (Å²) in [7, 11) is 4.95. The molecular formula is C59H58CoN4O10. The molecule has 9 rings (SSSR count). The molecule has 2 aliphatic heterocycles.